The Labute approximate surface area is 235 Å². The number of nitrogens with zero attached hydrogens (tertiary/aromatic N) is 2. The van der Waals surface area contributed by atoms with Gasteiger partial charge in [-0.05, 0) is 91.0 Å². The molecule has 1 heterocycles. The number of carbonyl (C=O) groups excluding carboxylic acids is 3. The van der Waals surface area contributed by atoms with Gasteiger partial charge < -0.3 is 25.8 Å². The number of carbonyl (C=O) groups is 3. The van der Waals surface area contributed by atoms with Gasteiger partial charge in [0.25, 0.3) is 5.91 Å². The van der Waals surface area contributed by atoms with Gasteiger partial charge in [0, 0.05) is 30.7 Å². The number of anilines is 1. The highest BCUT2D eigenvalue weighted by atomic mass is 19.4. The first-order chi connectivity index (χ1) is 18.7. The summed E-state index contributed by atoms with van der Waals surface area (Å²) >= 11 is 0. The molecule has 0 spiro atoms. The third-order valence-corrected chi connectivity index (χ3v) is 8.17. The summed E-state index contributed by atoms with van der Waals surface area (Å²) in [5.41, 5.74) is -1.43. The Morgan fingerprint density at radius 1 is 1.12 bits per heavy atom. The largest absolute Gasteiger partial charge is 0.416 e. The Hall–Kier alpha value is -2.82. The number of hydrogen-bond donors (Lipinski definition) is 3. The van der Waals surface area contributed by atoms with Gasteiger partial charge in [0.15, 0.2) is 0 Å². The van der Waals surface area contributed by atoms with Crippen LogP contribution in [0.2, 0.25) is 0 Å². The molecule has 1 saturated carbocycles. The summed E-state index contributed by atoms with van der Waals surface area (Å²) in [5.74, 6) is -0.685. The van der Waals surface area contributed by atoms with E-state index in [1.807, 2.05) is 4.90 Å². The van der Waals surface area contributed by atoms with Crippen LogP contribution in [0.5, 0.6) is 0 Å². The summed E-state index contributed by atoms with van der Waals surface area (Å²) in [6.07, 6.45) is 0.591. The van der Waals surface area contributed by atoms with Crippen molar-refractivity contribution in [3.8, 4) is 0 Å². The van der Waals surface area contributed by atoms with Crippen LogP contribution in [0.3, 0.4) is 0 Å². The van der Waals surface area contributed by atoms with Crippen molar-refractivity contribution in [1.82, 2.24) is 20.4 Å². The lowest BCUT2D eigenvalue weighted by atomic mass is 9.77. The standard InChI is InChI=1S/C29H44F3N5O3/c1-7-8-19-15-21(36(6)18(4)5)10-12-25(19)37-14-13-24(27(37)39)34-26(38)22-16-20(29(30,31)32)9-11-23(22)35-28(40)33-17(2)3/h9,11,16-19,21,24-25H,7-8,10,12-15H2,1-6H3,(H,34,38)(H2,33,35,40)/t19-,21+,24-,25-/m0/s1. The summed E-state index contributed by atoms with van der Waals surface area (Å²) < 4.78 is 40.3. The third kappa shape index (κ3) is 7.67. The Morgan fingerprint density at radius 3 is 2.42 bits per heavy atom. The van der Waals surface area contributed by atoms with Crippen LogP contribution in [0.25, 0.3) is 0 Å². The average molecular weight is 568 g/mol. The van der Waals surface area contributed by atoms with E-state index in [-0.39, 0.29) is 29.2 Å². The zero-order valence-corrected chi connectivity index (χ0v) is 24.4. The van der Waals surface area contributed by atoms with Crippen LogP contribution in [0.4, 0.5) is 23.7 Å². The predicted octanol–water partition coefficient (Wildman–Crippen LogP) is 5.24. The van der Waals surface area contributed by atoms with Crippen LogP contribution in [0.15, 0.2) is 18.2 Å². The van der Waals surface area contributed by atoms with Gasteiger partial charge in [0.1, 0.15) is 6.04 Å². The van der Waals surface area contributed by atoms with Crippen LogP contribution < -0.4 is 16.0 Å². The minimum atomic E-state index is -4.68. The molecule has 0 aromatic heterocycles. The van der Waals surface area contributed by atoms with Crippen LogP contribution >= 0.6 is 0 Å². The van der Waals surface area contributed by atoms with Gasteiger partial charge in [0.05, 0.1) is 16.8 Å². The number of alkyl halides is 3. The molecule has 0 bridgehead atoms. The topological polar surface area (TPSA) is 93.8 Å². The highest BCUT2D eigenvalue weighted by Gasteiger charge is 2.43. The summed E-state index contributed by atoms with van der Waals surface area (Å²) in [7, 11) is 2.15. The van der Waals surface area contributed by atoms with Gasteiger partial charge in [-0.1, -0.05) is 13.3 Å². The molecule has 0 radical (unpaired) electrons. The molecule has 8 nitrogen and oxygen atoms in total. The van der Waals surface area contributed by atoms with E-state index in [4.69, 9.17) is 0 Å². The summed E-state index contributed by atoms with van der Waals surface area (Å²) in [4.78, 5) is 43.3. The number of nitrogens with one attached hydrogen (secondary N) is 3. The zero-order valence-electron chi connectivity index (χ0n) is 24.4. The van der Waals surface area contributed by atoms with Crippen LogP contribution in [-0.4, -0.2) is 71.4 Å². The van der Waals surface area contributed by atoms with E-state index < -0.39 is 29.7 Å². The highest BCUT2D eigenvalue weighted by molar-refractivity contribution is 6.05. The number of rotatable bonds is 9. The molecule has 4 amide bonds. The van der Waals surface area contributed by atoms with Crippen molar-refractivity contribution >= 4 is 23.5 Å². The second-order valence-electron chi connectivity index (χ2n) is 11.7. The number of urea groups is 1. The van der Waals surface area contributed by atoms with Gasteiger partial charge in [-0.2, -0.15) is 13.2 Å². The van der Waals surface area contributed by atoms with Crippen molar-refractivity contribution in [3.63, 3.8) is 0 Å². The summed E-state index contributed by atoms with van der Waals surface area (Å²) in [6, 6.07) is 1.85. The fourth-order valence-electron chi connectivity index (χ4n) is 5.95. The molecule has 1 aliphatic carbocycles. The lowest BCUT2D eigenvalue weighted by Gasteiger charge is -2.44. The second-order valence-corrected chi connectivity index (χ2v) is 11.7. The normalized spacial score (nSPS) is 23.7. The number of likely N-dealkylation sites (tertiary alicyclic amines) is 1. The van der Waals surface area contributed by atoms with Crippen LogP contribution in [0.1, 0.15) is 89.1 Å². The SMILES string of the molecule is CCC[C@H]1C[C@H](N(C)C(C)C)CC[C@@H]1N1CC[C@H](NC(=O)c2cc(C(F)(F)F)ccc2NC(=O)NC(C)C)C1=O. The number of hydrogen-bond acceptors (Lipinski definition) is 4. The lowest BCUT2D eigenvalue weighted by Crippen LogP contribution is -2.51. The molecule has 1 aromatic rings. The number of benzene rings is 1. The molecule has 1 saturated heterocycles. The maximum absolute atomic E-state index is 13.5. The maximum atomic E-state index is 13.5. The molecule has 224 valence electrons. The minimum Gasteiger partial charge on any atom is -0.340 e. The van der Waals surface area contributed by atoms with Crippen molar-refractivity contribution in [2.45, 2.75) is 110 Å². The Morgan fingerprint density at radius 2 is 1.82 bits per heavy atom. The number of halogens is 3. The fraction of sp³-hybridized carbons (Fsp3) is 0.690. The molecular formula is C29H44F3N5O3. The number of amides is 4. The molecule has 3 N–H and O–H groups in total. The second kappa shape index (κ2) is 13.2. The Balaban J connectivity index is 1.76. The molecule has 40 heavy (non-hydrogen) atoms. The van der Waals surface area contributed by atoms with Crippen molar-refractivity contribution < 1.29 is 27.6 Å². The molecule has 4 atom stereocenters. The molecule has 2 fully saturated rings. The molecule has 3 rings (SSSR count). The first kappa shape index (κ1) is 31.7. The molecule has 1 aliphatic heterocycles. The van der Waals surface area contributed by atoms with Gasteiger partial charge in [-0.15, -0.1) is 0 Å². The average Bonchev–Trinajstić information content (AvgIpc) is 3.22. The molecular weight excluding hydrogens is 523 g/mol. The predicted molar refractivity (Wildman–Crippen MR) is 149 cm³/mol. The van der Waals surface area contributed by atoms with Crippen molar-refractivity contribution in [2.24, 2.45) is 5.92 Å². The van der Waals surface area contributed by atoms with E-state index in [1.54, 1.807) is 13.8 Å². The third-order valence-electron chi connectivity index (χ3n) is 8.17. The van der Waals surface area contributed by atoms with Gasteiger partial charge >= 0.3 is 12.2 Å². The molecule has 2 aliphatic rings. The maximum Gasteiger partial charge on any atom is 0.416 e. The fourth-order valence-corrected chi connectivity index (χ4v) is 5.95. The van der Waals surface area contributed by atoms with Crippen LogP contribution in [0, 0.1) is 5.92 Å². The van der Waals surface area contributed by atoms with Gasteiger partial charge in [-0.3, -0.25) is 9.59 Å². The lowest BCUT2D eigenvalue weighted by molar-refractivity contribution is -0.137. The first-order valence-corrected chi connectivity index (χ1v) is 14.3. The Bertz CT molecular complexity index is 1060. The van der Waals surface area contributed by atoms with Gasteiger partial charge in [-0.25, -0.2) is 4.79 Å². The van der Waals surface area contributed by atoms with E-state index in [2.05, 4.69) is 48.7 Å². The van der Waals surface area contributed by atoms with Crippen molar-refractivity contribution in [2.75, 3.05) is 18.9 Å². The van der Waals surface area contributed by atoms with E-state index in [9.17, 15) is 27.6 Å². The minimum absolute atomic E-state index is 0.0680. The monoisotopic (exact) mass is 567 g/mol. The van der Waals surface area contributed by atoms with Crippen molar-refractivity contribution in [1.29, 1.82) is 0 Å². The quantitative estimate of drug-likeness (QED) is 0.380. The Kier molecular flexibility index (Phi) is 10.5. The summed E-state index contributed by atoms with van der Waals surface area (Å²) in [6.45, 7) is 10.5. The molecule has 11 heteroatoms. The van der Waals surface area contributed by atoms with E-state index in [1.165, 1.54) is 0 Å². The molecule has 1 aromatic carbocycles. The highest BCUT2D eigenvalue weighted by Crippen LogP contribution is 2.37. The smallest absolute Gasteiger partial charge is 0.340 e. The molecule has 0 unspecified atom stereocenters. The van der Waals surface area contributed by atoms with E-state index in [0.717, 1.165) is 44.2 Å². The van der Waals surface area contributed by atoms with E-state index in [0.29, 0.717) is 37.0 Å². The van der Waals surface area contributed by atoms with E-state index >= 15 is 0 Å². The van der Waals surface area contributed by atoms with Gasteiger partial charge in [0.2, 0.25) is 5.91 Å². The van der Waals surface area contributed by atoms with Crippen molar-refractivity contribution in [3.05, 3.63) is 29.3 Å². The zero-order chi connectivity index (χ0) is 29.8. The van der Waals surface area contributed by atoms with Crippen LogP contribution in [-0.2, 0) is 11.0 Å². The first-order valence-electron chi connectivity index (χ1n) is 14.3. The summed E-state index contributed by atoms with van der Waals surface area (Å²) in [5, 5.41) is 7.71.